The van der Waals surface area contributed by atoms with Crippen molar-refractivity contribution < 1.29 is 26.3 Å². The number of hydrogen-bond acceptors (Lipinski definition) is 3. The van der Waals surface area contributed by atoms with Gasteiger partial charge >= 0.3 is 12.4 Å². The molecule has 0 saturated carbocycles. The molecule has 0 spiro atoms. The van der Waals surface area contributed by atoms with Crippen molar-refractivity contribution in [1.29, 1.82) is 0 Å². The zero-order chi connectivity index (χ0) is 15.4. The minimum absolute atomic E-state index is 0.119. The molecule has 0 saturated heterocycles. The lowest BCUT2D eigenvalue weighted by atomic mass is 10.2. The second kappa shape index (κ2) is 6.19. The monoisotopic (exact) mass is 301 g/mol. The first-order chi connectivity index (χ1) is 9.12. The number of rotatable bonds is 5. The van der Waals surface area contributed by atoms with Crippen LogP contribution in [-0.4, -0.2) is 24.2 Å². The van der Waals surface area contributed by atoms with Crippen LogP contribution in [0.5, 0.6) is 0 Å². The van der Waals surface area contributed by atoms with Crippen LogP contribution >= 0.6 is 0 Å². The quantitative estimate of drug-likeness (QED) is 0.810. The molecule has 0 amide bonds. The van der Waals surface area contributed by atoms with E-state index in [2.05, 4.69) is 10.3 Å². The predicted molar refractivity (Wildman–Crippen MR) is 62.6 cm³/mol. The summed E-state index contributed by atoms with van der Waals surface area (Å²) in [7, 11) is 0. The Morgan fingerprint density at radius 1 is 1.00 bits per heavy atom. The Hall–Kier alpha value is -1.67. The maximum absolute atomic E-state index is 12.6. The van der Waals surface area contributed by atoms with Crippen molar-refractivity contribution in [3.8, 4) is 0 Å². The molecule has 9 heteroatoms. The number of nitrogens with one attached hydrogen (secondary N) is 2. The number of hydrogen-bond donors (Lipinski definition) is 2. The number of pyridine rings is 1. The minimum Gasteiger partial charge on any atom is -0.370 e. The highest BCUT2D eigenvalue weighted by atomic mass is 19.4. The fourth-order valence-electron chi connectivity index (χ4n) is 1.32. The number of nitrogens with zero attached hydrogens (tertiary/aromatic N) is 1. The molecule has 0 unspecified atom stereocenters. The van der Waals surface area contributed by atoms with Crippen LogP contribution in [0.25, 0.3) is 0 Å². The van der Waals surface area contributed by atoms with Gasteiger partial charge in [0.2, 0.25) is 0 Å². The normalized spacial score (nSPS) is 12.3. The van der Waals surface area contributed by atoms with Crippen LogP contribution in [-0.2, 0) is 6.18 Å². The van der Waals surface area contributed by atoms with Crippen molar-refractivity contribution in [3.63, 3.8) is 0 Å². The number of halogens is 6. The topological polar surface area (TPSA) is 37.0 Å². The van der Waals surface area contributed by atoms with Crippen molar-refractivity contribution in [1.82, 2.24) is 4.98 Å². The molecule has 0 fully saturated rings. The second-order valence-corrected chi connectivity index (χ2v) is 4.02. The highest BCUT2D eigenvalue weighted by molar-refractivity contribution is 5.49. The lowest BCUT2D eigenvalue weighted by Crippen LogP contribution is -2.22. The molecule has 1 aromatic rings. The summed E-state index contributed by atoms with van der Waals surface area (Å²) in [5, 5.41) is 4.45. The van der Waals surface area contributed by atoms with Crippen molar-refractivity contribution in [2.24, 2.45) is 0 Å². The summed E-state index contributed by atoms with van der Waals surface area (Å²) >= 11 is 0. The zero-order valence-electron chi connectivity index (χ0n) is 10.5. The lowest BCUT2D eigenvalue weighted by molar-refractivity contribution is -0.137. The standard InChI is InChI=1S/C11H13F6N3/c1-2-3-18-8-4-7(11(15,16)17)5-9(20-8)19-6-10(12,13)14/h4-5H,2-3,6H2,1H3,(H2,18,19,20). The van der Waals surface area contributed by atoms with Gasteiger partial charge in [0.15, 0.2) is 0 Å². The molecule has 1 heterocycles. The Morgan fingerprint density at radius 2 is 1.55 bits per heavy atom. The predicted octanol–water partition coefficient (Wildman–Crippen LogP) is 3.90. The molecule has 0 aliphatic rings. The van der Waals surface area contributed by atoms with Crippen LogP contribution in [0.2, 0.25) is 0 Å². The smallest absolute Gasteiger partial charge is 0.370 e. The molecular weight excluding hydrogens is 288 g/mol. The minimum atomic E-state index is -4.65. The maximum Gasteiger partial charge on any atom is 0.416 e. The van der Waals surface area contributed by atoms with Crippen LogP contribution in [0.15, 0.2) is 12.1 Å². The molecule has 1 aromatic heterocycles. The van der Waals surface area contributed by atoms with Crippen LogP contribution < -0.4 is 10.6 Å². The molecule has 2 N–H and O–H groups in total. The largest absolute Gasteiger partial charge is 0.416 e. The summed E-state index contributed by atoms with van der Waals surface area (Å²) in [5.41, 5.74) is -1.06. The van der Waals surface area contributed by atoms with Gasteiger partial charge < -0.3 is 10.6 Å². The molecule has 0 atom stereocenters. The highest BCUT2D eigenvalue weighted by Gasteiger charge is 2.32. The van der Waals surface area contributed by atoms with E-state index in [1.807, 2.05) is 5.32 Å². The van der Waals surface area contributed by atoms with Crippen LogP contribution in [0.3, 0.4) is 0 Å². The summed E-state index contributed by atoms with van der Waals surface area (Å²) < 4.78 is 74.1. The molecule has 20 heavy (non-hydrogen) atoms. The first-order valence-corrected chi connectivity index (χ1v) is 5.75. The van der Waals surface area contributed by atoms with Gasteiger partial charge in [-0.05, 0) is 18.6 Å². The Morgan fingerprint density at radius 3 is 2.00 bits per heavy atom. The van der Waals surface area contributed by atoms with E-state index in [-0.39, 0.29) is 5.82 Å². The molecular formula is C11H13F6N3. The van der Waals surface area contributed by atoms with Gasteiger partial charge in [-0.25, -0.2) is 4.98 Å². The summed E-state index contributed by atoms with van der Waals surface area (Å²) in [4.78, 5) is 3.67. The van der Waals surface area contributed by atoms with Gasteiger partial charge in [0.25, 0.3) is 0 Å². The van der Waals surface area contributed by atoms with Crippen molar-refractivity contribution in [3.05, 3.63) is 17.7 Å². The Balaban J connectivity index is 2.97. The lowest BCUT2D eigenvalue weighted by Gasteiger charge is -2.14. The molecule has 0 radical (unpaired) electrons. The Bertz CT molecular complexity index is 441. The number of aromatic nitrogens is 1. The summed E-state index contributed by atoms with van der Waals surface area (Å²) in [6, 6.07) is 1.30. The third kappa shape index (κ3) is 5.54. The van der Waals surface area contributed by atoms with Gasteiger partial charge in [-0.3, -0.25) is 0 Å². The average Bonchev–Trinajstić information content (AvgIpc) is 2.32. The van der Waals surface area contributed by atoms with Gasteiger partial charge in [-0.1, -0.05) is 6.92 Å². The van der Waals surface area contributed by atoms with Crippen molar-refractivity contribution in [2.45, 2.75) is 25.7 Å². The van der Waals surface area contributed by atoms with E-state index in [4.69, 9.17) is 0 Å². The molecule has 1 rings (SSSR count). The second-order valence-electron chi connectivity index (χ2n) is 4.02. The van der Waals surface area contributed by atoms with Crippen LogP contribution in [0, 0.1) is 0 Å². The van der Waals surface area contributed by atoms with Crippen LogP contribution in [0.1, 0.15) is 18.9 Å². The van der Waals surface area contributed by atoms with E-state index in [0.717, 1.165) is 6.07 Å². The third-order valence-electron chi connectivity index (χ3n) is 2.18. The zero-order valence-corrected chi connectivity index (χ0v) is 10.5. The summed E-state index contributed by atoms with van der Waals surface area (Å²) in [6.45, 7) is 0.713. The molecule has 0 bridgehead atoms. The highest BCUT2D eigenvalue weighted by Crippen LogP contribution is 2.32. The fourth-order valence-corrected chi connectivity index (χ4v) is 1.32. The van der Waals surface area contributed by atoms with E-state index in [9.17, 15) is 26.3 Å². The third-order valence-corrected chi connectivity index (χ3v) is 2.18. The maximum atomic E-state index is 12.6. The van der Waals surface area contributed by atoms with E-state index in [1.165, 1.54) is 0 Å². The number of anilines is 2. The summed E-state index contributed by atoms with van der Waals surface area (Å²) in [6.07, 6.45) is -8.55. The van der Waals surface area contributed by atoms with Gasteiger partial charge in [-0.15, -0.1) is 0 Å². The van der Waals surface area contributed by atoms with E-state index in [1.54, 1.807) is 6.92 Å². The van der Waals surface area contributed by atoms with E-state index in [0.29, 0.717) is 19.0 Å². The van der Waals surface area contributed by atoms with Gasteiger partial charge in [0.1, 0.15) is 18.2 Å². The van der Waals surface area contributed by atoms with E-state index < -0.39 is 30.3 Å². The van der Waals surface area contributed by atoms with Crippen molar-refractivity contribution in [2.75, 3.05) is 23.7 Å². The summed E-state index contributed by atoms with van der Waals surface area (Å²) in [5.74, 6) is -0.595. The SMILES string of the molecule is CCCNc1cc(C(F)(F)F)cc(NCC(F)(F)F)n1. The van der Waals surface area contributed by atoms with E-state index >= 15 is 0 Å². The van der Waals surface area contributed by atoms with Gasteiger partial charge in [0.05, 0.1) is 5.56 Å². The first-order valence-electron chi connectivity index (χ1n) is 5.75. The van der Waals surface area contributed by atoms with Gasteiger partial charge in [-0.2, -0.15) is 26.3 Å². The van der Waals surface area contributed by atoms with Crippen molar-refractivity contribution >= 4 is 11.6 Å². The van der Waals surface area contributed by atoms with Gasteiger partial charge in [0, 0.05) is 6.54 Å². The number of alkyl halides is 6. The molecule has 0 aliphatic carbocycles. The molecule has 3 nitrogen and oxygen atoms in total. The molecule has 0 aromatic carbocycles. The Kier molecular flexibility index (Phi) is 5.07. The fraction of sp³-hybridized carbons (Fsp3) is 0.545. The molecule has 0 aliphatic heterocycles. The average molecular weight is 301 g/mol. The Labute approximate surface area is 111 Å². The van der Waals surface area contributed by atoms with Crippen LogP contribution in [0.4, 0.5) is 38.0 Å². The molecule has 114 valence electrons. The first kappa shape index (κ1) is 16.4.